The van der Waals surface area contributed by atoms with Crippen molar-refractivity contribution in [3.63, 3.8) is 0 Å². The second-order valence-corrected chi connectivity index (χ2v) is 10.5. The van der Waals surface area contributed by atoms with Gasteiger partial charge in [-0.05, 0) is 53.1 Å². The first-order valence-corrected chi connectivity index (χ1v) is 13.6. The molecule has 3 aromatic rings. The number of rotatable bonds is 12. The fourth-order valence-electron chi connectivity index (χ4n) is 4.17. The highest BCUT2D eigenvalue weighted by molar-refractivity contribution is 9.10. The van der Waals surface area contributed by atoms with Gasteiger partial charge in [-0.2, -0.15) is 0 Å². The zero-order valence-corrected chi connectivity index (χ0v) is 23.1. The van der Waals surface area contributed by atoms with Crippen molar-refractivity contribution in [3.8, 4) is 0 Å². The van der Waals surface area contributed by atoms with Crippen molar-refractivity contribution in [3.05, 3.63) is 106 Å². The van der Waals surface area contributed by atoms with Crippen molar-refractivity contribution in [2.75, 3.05) is 6.54 Å². The summed E-state index contributed by atoms with van der Waals surface area (Å²) < 4.78 is 0.982. The summed E-state index contributed by atoms with van der Waals surface area (Å²) in [7, 11) is 0. The van der Waals surface area contributed by atoms with Crippen molar-refractivity contribution in [1.29, 1.82) is 0 Å². The van der Waals surface area contributed by atoms with Gasteiger partial charge in [0.25, 0.3) is 0 Å². The third-order valence-electron chi connectivity index (χ3n) is 6.36. The Bertz CT molecular complexity index is 1100. The topological polar surface area (TPSA) is 49.4 Å². The summed E-state index contributed by atoms with van der Waals surface area (Å²) in [6.07, 6.45) is 2.31. The van der Waals surface area contributed by atoms with Gasteiger partial charge >= 0.3 is 0 Å². The molecule has 3 aromatic carbocycles. The monoisotopic (exact) mass is 548 g/mol. The molecule has 0 aliphatic heterocycles. The Balaban J connectivity index is 1.85. The first-order valence-electron chi connectivity index (χ1n) is 12.8. The van der Waals surface area contributed by atoms with Gasteiger partial charge < -0.3 is 10.2 Å². The SMILES string of the molecule is CCCNC(=O)[C@H](Cc1ccccc1)N(Cc1ccc(Br)cc1)C(=O)CCc1ccc(C(C)C)cc1. The van der Waals surface area contributed by atoms with Crippen molar-refractivity contribution < 1.29 is 9.59 Å². The summed E-state index contributed by atoms with van der Waals surface area (Å²) >= 11 is 3.49. The lowest BCUT2D eigenvalue weighted by Gasteiger charge is -2.31. The number of nitrogens with zero attached hydrogens (tertiary/aromatic N) is 1. The molecule has 0 fully saturated rings. The third kappa shape index (κ3) is 8.34. The smallest absolute Gasteiger partial charge is 0.243 e. The molecule has 4 nitrogen and oxygen atoms in total. The number of halogens is 1. The number of hydrogen-bond acceptors (Lipinski definition) is 2. The van der Waals surface area contributed by atoms with E-state index in [0.29, 0.717) is 38.3 Å². The van der Waals surface area contributed by atoms with Gasteiger partial charge in [-0.25, -0.2) is 0 Å². The molecule has 0 aromatic heterocycles. The largest absolute Gasteiger partial charge is 0.354 e. The second-order valence-electron chi connectivity index (χ2n) is 9.54. The van der Waals surface area contributed by atoms with Gasteiger partial charge in [0, 0.05) is 30.4 Å². The summed E-state index contributed by atoms with van der Waals surface area (Å²) in [6.45, 7) is 7.36. The number of hydrogen-bond donors (Lipinski definition) is 1. The lowest BCUT2D eigenvalue weighted by Crippen LogP contribution is -2.50. The zero-order chi connectivity index (χ0) is 25.9. The van der Waals surface area contributed by atoms with Gasteiger partial charge in [0.15, 0.2) is 0 Å². The minimum Gasteiger partial charge on any atom is -0.354 e. The van der Waals surface area contributed by atoms with Crippen LogP contribution in [0.5, 0.6) is 0 Å². The summed E-state index contributed by atoms with van der Waals surface area (Å²) in [5, 5.41) is 3.03. The van der Waals surface area contributed by atoms with E-state index >= 15 is 0 Å². The van der Waals surface area contributed by atoms with E-state index in [0.717, 1.165) is 27.6 Å². The first-order chi connectivity index (χ1) is 17.4. The van der Waals surface area contributed by atoms with Gasteiger partial charge in [-0.1, -0.05) is 103 Å². The molecule has 0 radical (unpaired) electrons. The molecular formula is C31H37BrN2O2. The Morgan fingerprint density at radius 3 is 2.11 bits per heavy atom. The maximum absolute atomic E-state index is 13.7. The van der Waals surface area contributed by atoms with Crippen molar-refractivity contribution in [1.82, 2.24) is 10.2 Å². The van der Waals surface area contributed by atoms with E-state index in [-0.39, 0.29) is 11.8 Å². The highest BCUT2D eigenvalue weighted by atomic mass is 79.9. The summed E-state index contributed by atoms with van der Waals surface area (Å²) in [5.74, 6) is 0.355. The minimum absolute atomic E-state index is 0.0153. The quantitative estimate of drug-likeness (QED) is 0.274. The molecule has 0 spiro atoms. The summed E-state index contributed by atoms with van der Waals surface area (Å²) in [5.41, 5.74) is 4.45. The molecule has 0 saturated heterocycles. The van der Waals surface area contributed by atoms with E-state index in [1.807, 2.05) is 61.5 Å². The van der Waals surface area contributed by atoms with Crippen LogP contribution in [0.3, 0.4) is 0 Å². The molecule has 0 heterocycles. The van der Waals surface area contributed by atoms with E-state index in [4.69, 9.17) is 0 Å². The van der Waals surface area contributed by atoms with Crippen molar-refractivity contribution >= 4 is 27.7 Å². The molecule has 0 saturated carbocycles. The molecule has 2 amide bonds. The van der Waals surface area contributed by atoms with E-state index < -0.39 is 6.04 Å². The van der Waals surface area contributed by atoms with Crippen LogP contribution in [0.1, 0.15) is 61.8 Å². The molecule has 0 aliphatic rings. The molecule has 1 atom stereocenters. The van der Waals surface area contributed by atoms with Crippen LogP contribution < -0.4 is 5.32 Å². The molecule has 0 bridgehead atoms. The normalized spacial score (nSPS) is 11.8. The molecule has 5 heteroatoms. The molecule has 190 valence electrons. The molecule has 0 unspecified atom stereocenters. The fraction of sp³-hybridized carbons (Fsp3) is 0.355. The number of carbonyl (C=O) groups is 2. The molecule has 0 aliphatic carbocycles. The summed E-state index contributed by atoms with van der Waals surface area (Å²) in [6, 6.07) is 25.8. The van der Waals surface area contributed by atoms with Gasteiger partial charge in [0.2, 0.25) is 11.8 Å². The lowest BCUT2D eigenvalue weighted by molar-refractivity contribution is -0.141. The maximum atomic E-state index is 13.7. The molecule has 1 N–H and O–H groups in total. The highest BCUT2D eigenvalue weighted by Gasteiger charge is 2.30. The summed E-state index contributed by atoms with van der Waals surface area (Å²) in [4.78, 5) is 28.8. The van der Waals surface area contributed by atoms with Crippen molar-refractivity contribution in [2.45, 2.75) is 65.0 Å². The Kier molecular flexibility index (Phi) is 10.7. The Morgan fingerprint density at radius 1 is 0.861 bits per heavy atom. The lowest BCUT2D eigenvalue weighted by atomic mass is 9.99. The van der Waals surface area contributed by atoms with Crippen LogP contribution in [0.15, 0.2) is 83.3 Å². The molecular weight excluding hydrogens is 512 g/mol. The number of carbonyl (C=O) groups excluding carboxylic acids is 2. The van der Waals surface area contributed by atoms with Crippen molar-refractivity contribution in [2.24, 2.45) is 0 Å². The van der Waals surface area contributed by atoms with Crippen LogP contribution in [0.25, 0.3) is 0 Å². The fourth-order valence-corrected chi connectivity index (χ4v) is 4.43. The standard InChI is InChI=1S/C31H37BrN2O2/c1-4-20-33-31(36)29(21-25-8-6-5-7-9-25)34(22-26-12-17-28(32)18-13-26)30(35)19-14-24-10-15-27(16-11-24)23(2)3/h5-13,15-18,23,29H,4,14,19-22H2,1-3H3,(H,33,36)/t29-/m0/s1. The van der Waals surface area contributed by atoms with E-state index in [9.17, 15) is 9.59 Å². The van der Waals surface area contributed by atoms with Crippen LogP contribution in [0.2, 0.25) is 0 Å². The van der Waals surface area contributed by atoms with Crippen LogP contribution >= 0.6 is 15.9 Å². The van der Waals surface area contributed by atoms with Gasteiger partial charge in [-0.15, -0.1) is 0 Å². The van der Waals surface area contributed by atoms with Crippen LogP contribution in [-0.4, -0.2) is 29.3 Å². The molecule has 3 rings (SSSR count). The van der Waals surface area contributed by atoms with Gasteiger partial charge in [-0.3, -0.25) is 9.59 Å². The molecule has 36 heavy (non-hydrogen) atoms. The average molecular weight is 550 g/mol. The van der Waals surface area contributed by atoms with E-state index in [1.54, 1.807) is 4.90 Å². The first kappa shape index (κ1) is 27.7. The van der Waals surface area contributed by atoms with Crippen LogP contribution in [0.4, 0.5) is 0 Å². The number of amides is 2. The zero-order valence-electron chi connectivity index (χ0n) is 21.5. The predicted octanol–water partition coefficient (Wildman–Crippen LogP) is 6.67. The van der Waals surface area contributed by atoms with Crippen LogP contribution in [-0.2, 0) is 29.0 Å². The average Bonchev–Trinajstić information content (AvgIpc) is 2.89. The Hall–Kier alpha value is -2.92. The Morgan fingerprint density at radius 2 is 1.50 bits per heavy atom. The third-order valence-corrected chi connectivity index (χ3v) is 6.89. The Labute approximate surface area is 224 Å². The van der Waals surface area contributed by atoms with Crippen LogP contribution in [0, 0.1) is 0 Å². The van der Waals surface area contributed by atoms with Gasteiger partial charge in [0.05, 0.1) is 0 Å². The van der Waals surface area contributed by atoms with Gasteiger partial charge in [0.1, 0.15) is 6.04 Å². The predicted molar refractivity (Wildman–Crippen MR) is 151 cm³/mol. The second kappa shape index (κ2) is 14.0. The maximum Gasteiger partial charge on any atom is 0.243 e. The van der Waals surface area contributed by atoms with E-state index in [1.165, 1.54) is 5.56 Å². The van der Waals surface area contributed by atoms with E-state index in [2.05, 4.69) is 59.4 Å². The highest BCUT2D eigenvalue weighted by Crippen LogP contribution is 2.20. The minimum atomic E-state index is -0.585. The number of aryl methyl sites for hydroxylation is 1. The number of nitrogens with one attached hydrogen (secondary N) is 1. The number of benzene rings is 3.